The Hall–Kier alpha value is -3.42. The summed E-state index contributed by atoms with van der Waals surface area (Å²) in [6.07, 6.45) is -6.85. The van der Waals surface area contributed by atoms with Crippen LogP contribution in [0.5, 0.6) is 5.75 Å². The number of esters is 1. The van der Waals surface area contributed by atoms with Crippen molar-refractivity contribution in [2.45, 2.75) is 12.3 Å². The molecular weight excluding hydrogens is 462 g/mol. The molecule has 0 radical (unpaired) electrons. The maximum absolute atomic E-state index is 14.5. The monoisotopic (exact) mass is 471 g/mol. The third kappa shape index (κ3) is 3.39. The molecule has 6 nitrogen and oxygen atoms in total. The lowest BCUT2D eigenvalue weighted by Crippen LogP contribution is -2.57. The fourth-order valence-electron chi connectivity index (χ4n) is 2.92. The van der Waals surface area contributed by atoms with Crippen molar-refractivity contribution in [3.63, 3.8) is 0 Å². The molecule has 172 valence electrons. The summed E-state index contributed by atoms with van der Waals surface area (Å²) in [5.41, 5.74) is -3.97. The van der Waals surface area contributed by atoms with Gasteiger partial charge in [0.1, 0.15) is 5.82 Å². The third-order valence-electron chi connectivity index (χ3n) is 4.35. The fourth-order valence-corrected chi connectivity index (χ4v) is 2.92. The predicted octanol–water partition coefficient (Wildman–Crippen LogP) is 3.65. The van der Waals surface area contributed by atoms with E-state index in [0.29, 0.717) is 0 Å². The van der Waals surface area contributed by atoms with Gasteiger partial charge in [-0.05, 0) is 6.07 Å². The summed E-state index contributed by atoms with van der Waals surface area (Å²) in [7, 11) is 1.61. The largest absolute Gasteiger partial charge is 0.483 e. The van der Waals surface area contributed by atoms with Gasteiger partial charge in [-0.15, -0.1) is 0 Å². The van der Waals surface area contributed by atoms with Crippen molar-refractivity contribution in [1.29, 1.82) is 0 Å². The highest BCUT2D eigenvalue weighted by atomic mass is 19.3. The quantitative estimate of drug-likeness (QED) is 0.295. The lowest BCUT2D eigenvalue weighted by molar-refractivity contribution is -0.196. The Morgan fingerprint density at radius 2 is 1.50 bits per heavy atom. The van der Waals surface area contributed by atoms with Crippen LogP contribution in [0.3, 0.4) is 0 Å². The zero-order valence-electron chi connectivity index (χ0n) is 15.7. The molecule has 0 aromatic heterocycles. The number of hydrogen-bond acceptors (Lipinski definition) is 5. The van der Waals surface area contributed by atoms with Crippen LogP contribution in [0.2, 0.25) is 0 Å². The third-order valence-corrected chi connectivity index (χ3v) is 4.35. The van der Waals surface area contributed by atoms with Crippen molar-refractivity contribution in [1.82, 2.24) is 0 Å². The van der Waals surface area contributed by atoms with Gasteiger partial charge in [-0.1, -0.05) is 0 Å². The second-order valence-electron chi connectivity index (χ2n) is 6.15. The number of alkyl halides is 2. The van der Waals surface area contributed by atoms with E-state index < -0.39 is 81.7 Å². The Bertz CT molecular complexity index is 1110. The molecular formula is C18H9F8NO5. The van der Waals surface area contributed by atoms with Gasteiger partial charge in [-0.2, -0.15) is 8.78 Å². The van der Waals surface area contributed by atoms with Gasteiger partial charge in [-0.3, -0.25) is 9.69 Å². The smallest absolute Gasteiger partial charge is 0.466 e. The zero-order chi connectivity index (χ0) is 24.1. The molecule has 2 aromatic carbocycles. The first-order valence-corrected chi connectivity index (χ1v) is 8.23. The van der Waals surface area contributed by atoms with Crippen LogP contribution < -0.4 is 9.64 Å². The first kappa shape index (κ1) is 23.2. The highest BCUT2D eigenvalue weighted by Gasteiger charge is 2.54. The van der Waals surface area contributed by atoms with Crippen LogP contribution in [-0.4, -0.2) is 38.4 Å². The number of ether oxygens (including phenoxy) is 3. The van der Waals surface area contributed by atoms with Crippen molar-refractivity contribution in [2.75, 3.05) is 19.1 Å². The molecule has 1 amide bonds. The van der Waals surface area contributed by atoms with Gasteiger partial charge in [0.2, 0.25) is 12.0 Å². The Morgan fingerprint density at radius 1 is 0.969 bits per heavy atom. The normalized spacial score (nSPS) is 15.8. The van der Waals surface area contributed by atoms with Crippen LogP contribution in [-0.2, 0) is 19.1 Å². The minimum Gasteiger partial charge on any atom is -0.466 e. The lowest BCUT2D eigenvalue weighted by atomic mass is 10.0. The van der Waals surface area contributed by atoms with Crippen molar-refractivity contribution in [3.8, 4) is 16.9 Å². The van der Waals surface area contributed by atoms with Crippen LogP contribution in [0, 0.1) is 34.9 Å². The fraction of sp³-hybridized carbons (Fsp3) is 0.222. The Balaban J connectivity index is 2.34. The molecule has 1 heterocycles. The second kappa shape index (κ2) is 7.93. The van der Waals surface area contributed by atoms with Crippen LogP contribution >= 0.6 is 0 Å². The molecule has 0 fully saturated rings. The number of benzene rings is 2. The summed E-state index contributed by atoms with van der Waals surface area (Å²) in [6, 6.07) is 0.394. The summed E-state index contributed by atoms with van der Waals surface area (Å²) < 4.78 is 125. The number of hydrogen-bond donors (Lipinski definition) is 0. The first-order chi connectivity index (χ1) is 14.9. The van der Waals surface area contributed by atoms with E-state index in [0.717, 1.165) is 14.2 Å². The van der Waals surface area contributed by atoms with Gasteiger partial charge in [0.15, 0.2) is 29.0 Å². The van der Waals surface area contributed by atoms with E-state index in [1.54, 1.807) is 0 Å². The standard InChI is InChI=1S/C18H9F8NO5/c1-30-15(16(28)31-2)27-7-3-5(6(19)4-8(7)32-18(25,26)17(27)29)9-10(20)12(22)14(24)13(23)11(9)21/h3-4,15H,1-2H3/t15-/m0/s1. The minimum atomic E-state index is -4.64. The van der Waals surface area contributed by atoms with Crippen LogP contribution in [0.25, 0.3) is 11.1 Å². The van der Waals surface area contributed by atoms with Gasteiger partial charge in [0.05, 0.1) is 18.4 Å². The van der Waals surface area contributed by atoms with Crippen molar-refractivity contribution < 1.29 is 58.9 Å². The molecule has 0 saturated carbocycles. The van der Waals surface area contributed by atoms with E-state index in [9.17, 15) is 44.7 Å². The molecule has 0 unspecified atom stereocenters. The number of halogens is 8. The molecule has 32 heavy (non-hydrogen) atoms. The van der Waals surface area contributed by atoms with E-state index >= 15 is 0 Å². The van der Waals surface area contributed by atoms with Gasteiger partial charge in [0.25, 0.3) is 0 Å². The molecule has 0 N–H and O–H groups in total. The summed E-state index contributed by atoms with van der Waals surface area (Å²) in [6.45, 7) is 0. The number of amides is 1. The van der Waals surface area contributed by atoms with Crippen LogP contribution in [0.4, 0.5) is 40.8 Å². The molecule has 1 aliphatic rings. The van der Waals surface area contributed by atoms with E-state index in [1.807, 2.05) is 0 Å². The van der Waals surface area contributed by atoms with Gasteiger partial charge < -0.3 is 14.2 Å². The molecule has 0 aliphatic carbocycles. The molecule has 14 heteroatoms. The predicted molar refractivity (Wildman–Crippen MR) is 87.5 cm³/mol. The maximum Gasteiger partial charge on any atom is 0.483 e. The number of anilines is 1. The second-order valence-corrected chi connectivity index (χ2v) is 6.15. The molecule has 0 spiro atoms. The lowest BCUT2D eigenvalue weighted by Gasteiger charge is -2.36. The van der Waals surface area contributed by atoms with Gasteiger partial charge in [0, 0.05) is 18.7 Å². The Labute approximate surface area is 172 Å². The summed E-state index contributed by atoms with van der Waals surface area (Å²) in [5.74, 6) is -18.7. The average Bonchev–Trinajstić information content (AvgIpc) is 2.74. The molecule has 0 bridgehead atoms. The molecule has 3 rings (SSSR count). The highest BCUT2D eigenvalue weighted by molar-refractivity contribution is 6.05. The number of methoxy groups -OCH3 is 2. The number of carbonyl (C=O) groups excluding carboxylic acids is 2. The van der Waals surface area contributed by atoms with Crippen molar-refractivity contribution in [3.05, 3.63) is 47.0 Å². The molecule has 2 aromatic rings. The molecule has 1 atom stereocenters. The van der Waals surface area contributed by atoms with Crippen molar-refractivity contribution in [2.24, 2.45) is 0 Å². The highest BCUT2D eigenvalue weighted by Crippen LogP contribution is 2.45. The number of carbonyl (C=O) groups is 2. The van der Waals surface area contributed by atoms with Gasteiger partial charge >= 0.3 is 18.0 Å². The van der Waals surface area contributed by atoms with Crippen LogP contribution in [0.15, 0.2) is 12.1 Å². The zero-order valence-corrected chi connectivity index (χ0v) is 15.7. The Kier molecular flexibility index (Phi) is 5.76. The van der Waals surface area contributed by atoms with E-state index in [1.165, 1.54) is 0 Å². The van der Waals surface area contributed by atoms with Gasteiger partial charge in [-0.25, -0.2) is 31.1 Å². The number of rotatable bonds is 4. The van der Waals surface area contributed by atoms with E-state index in [4.69, 9.17) is 0 Å². The summed E-state index contributed by atoms with van der Waals surface area (Å²) in [5, 5.41) is 0. The number of fused-ring (bicyclic) bond motifs is 1. The SMILES string of the molecule is COC(=O)[C@H](OC)N1C(=O)C(F)(F)Oc2cc(F)c(-c3c(F)c(F)c(F)c(F)c3F)cc21. The molecule has 1 aliphatic heterocycles. The average molecular weight is 471 g/mol. The van der Waals surface area contributed by atoms with E-state index in [-0.39, 0.29) is 17.0 Å². The van der Waals surface area contributed by atoms with E-state index in [2.05, 4.69) is 14.2 Å². The number of nitrogens with zero attached hydrogens (tertiary/aromatic N) is 1. The molecule has 0 saturated heterocycles. The minimum absolute atomic E-state index is 0.0698. The summed E-state index contributed by atoms with van der Waals surface area (Å²) >= 11 is 0. The van der Waals surface area contributed by atoms with Crippen LogP contribution in [0.1, 0.15) is 0 Å². The maximum atomic E-state index is 14.5. The first-order valence-electron chi connectivity index (χ1n) is 8.23. The topological polar surface area (TPSA) is 65.1 Å². The Morgan fingerprint density at radius 3 is 2.00 bits per heavy atom. The summed E-state index contributed by atoms with van der Waals surface area (Å²) in [4.78, 5) is 24.0. The van der Waals surface area contributed by atoms with Crippen molar-refractivity contribution >= 4 is 17.6 Å².